The Balaban J connectivity index is 1.99. The number of ether oxygens (including phenoxy) is 1. The number of pyridine rings is 1. The Labute approximate surface area is 165 Å². The molecule has 0 radical (unpaired) electrons. The van der Waals surface area contributed by atoms with Crippen LogP contribution in [-0.4, -0.2) is 21.9 Å². The normalized spacial score (nSPS) is 11.2. The van der Waals surface area contributed by atoms with Crippen molar-refractivity contribution in [2.24, 2.45) is 0 Å². The van der Waals surface area contributed by atoms with Crippen LogP contribution in [0.4, 0.5) is 5.69 Å². The summed E-state index contributed by atoms with van der Waals surface area (Å²) in [6.07, 6.45) is 1.97. The highest BCUT2D eigenvalue weighted by Crippen LogP contribution is 2.43. The van der Waals surface area contributed by atoms with Gasteiger partial charge < -0.3 is 9.14 Å². The number of thiophene rings is 1. The summed E-state index contributed by atoms with van der Waals surface area (Å²) in [5.41, 5.74) is 5.41. The molecule has 142 valence electrons. The minimum Gasteiger partial charge on any atom is -0.462 e. The van der Waals surface area contributed by atoms with Crippen LogP contribution in [-0.2, 0) is 4.74 Å². The molecule has 0 amide bonds. The SMILES string of the molecule is CCOC(=O)c1c2sc(-c3ccc([N+](=O)[O-])cc3)c(C)c2n2ccc(C)cc12. The zero-order chi connectivity index (χ0) is 20.0. The van der Waals surface area contributed by atoms with Crippen molar-refractivity contribution in [1.29, 1.82) is 0 Å². The van der Waals surface area contributed by atoms with Gasteiger partial charge >= 0.3 is 5.97 Å². The van der Waals surface area contributed by atoms with E-state index in [2.05, 4.69) is 0 Å². The molecule has 0 fully saturated rings. The summed E-state index contributed by atoms with van der Waals surface area (Å²) in [5, 5.41) is 10.9. The maximum Gasteiger partial charge on any atom is 0.341 e. The molecular formula is C21H18N2O4S. The fourth-order valence-electron chi connectivity index (χ4n) is 3.48. The van der Waals surface area contributed by atoms with E-state index in [1.165, 1.54) is 23.5 Å². The van der Waals surface area contributed by atoms with Gasteiger partial charge in [-0.2, -0.15) is 0 Å². The lowest BCUT2D eigenvalue weighted by atomic mass is 10.1. The van der Waals surface area contributed by atoms with Crippen molar-refractivity contribution in [3.63, 3.8) is 0 Å². The number of non-ortho nitro benzene ring substituents is 1. The highest BCUT2D eigenvalue weighted by molar-refractivity contribution is 7.23. The van der Waals surface area contributed by atoms with E-state index in [1.807, 2.05) is 36.6 Å². The van der Waals surface area contributed by atoms with E-state index < -0.39 is 4.92 Å². The van der Waals surface area contributed by atoms with Gasteiger partial charge in [0.2, 0.25) is 0 Å². The molecule has 0 atom stereocenters. The fourth-order valence-corrected chi connectivity index (χ4v) is 4.83. The lowest BCUT2D eigenvalue weighted by Gasteiger charge is -2.04. The van der Waals surface area contributed by atoms with E-state index in [0.717, 1.165) is 37.3 Å². The van der Waals surface area contributed by atoms with Gasteiger partial charge in [0.25, 0.3) is 5.69 Å². The summed E-state index contributed by atoms with van der Waals surface area (Å²) in [6.45, 7) is 6.10. The molecule has 6 nitrogen and oxygen atoms in total. The molecule has 0 saturated carbocycles. The average molecular weight is 394 g/mol. The predicted octanol–water partition coefficient (Wildman–Crippen LogP) is 5.52. The monoisotopic (exact) mass is 394 g/mol. The zero-order valence-electron chi connectivity index (χ0n) is 15.7. The van der Waals surface area contributed by atoms with Gasteiger partial charge in [-0.15, -0.1) is 11.3 Å². The van der Waals surface area contributed by atoms with Gasteiger partial charge in [0.15, 0.2) is 0 Å². The number of hydrogen-bond acceptors (Lipinski definition) is 5. The van der Waals surface area contributed by atoms with Crippen LogP contribution in [0, 0.1) is 24.0 Å². The van der Waals surface area contributed by atoms with Crippen LogP contribution < -0.4 is 0 Å². The lowest BCUT2D eigenvalue weighted by molar-refractivity contribution is -0.384. The average Bonchev–Trinajstić information content (AvgIpc) is 3.16. The van der Waals surface area contributed by atoms with Gasteiger partial charge in [-0.1, -0.05) is 0 Å². The van der Waals surface area contributed by atoms with Crippen LogP contribution in [0.25, 0.3) is 26.2 Å². The lowest BCUT2D eigenvalue weighted by Crippen LogP contribution is -2.04. The van der Waals surface area contributed by atoms with E-state index in [0.29, 0.717) is 12.2 Å². The van der Waals surface area contributed by atoms with Crippen molar-refractivity contribution in [2.75, 3.05) is 6.61 Å². The van der Waals surface area contributed by atoms with Crippen LogP contribution >= 0.6 is 11.3 Å². The topological polar surface area (TPSA) is 73.8 Å². The summed E-state index contributed by atoms with van der Waals surface area (Å²) in [6, 6.07) is 10.5. The summed E-state index contributed by atoms with van der Waals surface area (Å²) < 4.78 is 8.21. The van der Waals surface area contributed by atoms with Gasteiger partial charge in [-0.05, 0) is 61.7 Å². The van der Waals surface area contributed by atoms with Gasteiger partial charge in [0.05, 0.1) is 27.3 Å². The van der Waals surface area contributed by atoms with Crippen molar-refractivity contribution in [1.82, 2.24) is 4.40 Å². The van der Waals surface area contributed by atoms with Crippen LogP contribution in [0.3, 0.4) is 0 Å². The Bertz CT molecular complexity index is 1240. The largest absolute Gasteiger partial charge is 0.462 e. The number of nitro groups is 1. The van der Waals surface area contributed by atoms with Gasteiger partial charge in [-0.3, -0.25) is 10.1 Å². The molecular weight excluding hydrogens is 376 g/mol. The first kappa shape index (κ1) is 18.2. The van der Waals surface area contributed by atoms with Crippen molar-refractivity contribution in [3.05, 3.63) is 69.4 Å². The van der Waals surface area contributed by atoms with Crippen LogP contribution in [0.5, 0.6) is 0 Å². The highest BCUT2D eigenvalue weighted by Gasteiger charge is 2.25. The Morgan fingerprint density at radius 1 is 1.21 bits per heavy atom. The number of aryl methyl sites for hydroxylation is 2. The smallest absolute Gasteiger partial charge is 0.341 e. The third kappa shape index (κ3) is 2.75. The standard InChI is InChI=1S/C21H18N2O4S/c1-4-27-21(24)17-16-11-12(2)9-10-22(16)18-13(3)19(28-20(17)18)14-5-7-15(8-6-14)23(25)26/h5-11H,4H2,1-3H3. The van der Waals surface area contributed by atoms with Gasteiger partial charge in [0.1, 0.15) is 5.56 Å². The summed E-state index contributed by atoms with van der Waals surface area (Å²) in [4.78, 5) is 24.2. The minimum atomic E-state index is -0.411. The first-order valence-electron chi connectivity index (χ1n) is 8.88. The number of carbonyl (C=O) groups excluding carboxylic acids is 1. The second-order valence-corrected chi connectivity index (χ2v) is 7.61. The minimum absolute atomic E-state index is 0.0551. The molecule has 3 heterocycles. The molecule has 7 heteroatoms. The zero-order valence-corrected chi connectivity index (χ0v) is 16.5. The van der Waals surface area contributed by atoms with E-state index in [-0.39, 0.29) is 11.7 Å². The maximum atomic E-state index is 12.7. The molecule has 28 heavy (non-hydrogen) atoms. The Kier molecular flexibility index (Phi) is 4.39. The highest BCUT2D eigenvalue weighted by atomic mass is 32.1. The number of fused-ring (bicyclic) bond motifs is 3. The van der Waals surface area contributed by atoms with E-state index in [9.17, 15) is 14.9 Å². The Morgan fingerprint density at radius 3 is 2.57 bits per heavy atom. The van der Waals surface area contributed by atoms with Gasteiger partial charge in [-0.25, -0.2) is 4.79 Å². The van der Waals surface area contributed by atoms with E-state index in [4.69, 9.17) is 4.74 Å². The van der Waals surface area contributed by atoms with E-state index >= 15 is 0 Å². The van der Waals surface area contributed by atoms with Crippen molar-refractivity contribution < 1.29 is 14.5 Å². The number of esters is 1. The Hall–Kier alpha value is -3.19. The molecule has 3 aromatic heterocycles. The molecule has 0 bridgehead atoms. The molecule has 4 aromatic rings. The molecule has 0 aliphatic heterocycles. The molecule has 0 aliphatic carbocycles. The molecule has 0 spiro atoms. The molecule has 0 aliphatic rings. The number of nitrogens with zero attached hydrogens (tertiary/aromatic N) is 2. The van der Waals surface area contributed by atoms with Crippen LogP contribution in [0.15, 0.2) is 42.6 Å². The maximum absolute atomic E-state index is 12.7. The molecule has 0 unspecified atom stereocenters. The van der Waals surface area contributed by atoms with Crippen LogP contribution in [0.1, 0.15) is 28.4 Å². The van der Waals surface area contributed by atoms with Gasteiger partial charge in [0, 0.05) is 23.2 Å². The van der Waals surface area contributed by atoms with Crippen molar-refractivity contribution >= 4 is 38.7 Å². The molecule has 0 saturated heterocycles. The number of carbonyl (C=O) groups is 1. The predicted molar refractivity (Wildman–Crippen MR) is 110 cm³/mol. The van der Waals surface area contributed by atoms with Crippen LogP contribution in [0.2, 0.25) is 0 Å². The number of aromatic nitrogens is 1. The third-order valence-electron chi connectivity index (χ3n) is 4.77. The molecule has 0 N–H and O–H groups in total. The molecule has 4 rings (SSSR count). The number of rotatable bonds is 4. The third-order valence-corrected chi connectivity index (χ3v) is 6.12. The molecule has 1 aromatic carbocycles. The Morgan fingerprint density at radius 2 is 1.93 bits per heavy atom. The quantitative estimate of drug-likeness (QED) is 0.259. The fraction of sp³-hybridized carbons (Fsp3) is 0.190. The second-order valence-electron chi connectivity index (χ2n) is 6.59. The number of benzene rings is 1. The number of nitro benzene ring substituents is 1. The van der Waals surface area contributed by atoms with Crippen molar-refractivity contribution in [2.45, 2.75) is 20.8 Å². The summed E-state index contributed by atoms with van der Waals surface area (Å²) in [5.74, 6) is -0.336. The summed E-state index contributed by atoms with van der Waals surface area (Å²) in [7, 11) is 0. The first-order chi connectivity index (χ1) is 13.4. The number of hydrogen-bond donors (Lipinski definition) is 0. The summed E-state index contributed by atoms with van der Waals surface area (Å²) >= 11 is 1.51. The van der Waals surface area contributed by atoms with Crippen molar-refractivity contribution in [3.8, 4) is 10.4 Å². The van der Waals surface area contributed by atoms with E-state index in [1.54, 1.807) is 19.1 Å². The first-order valence-corrected chi connectivity index (χ1v) is 9.69. The second kappa shape index (κ2) is 6.76.